The van der Waals surface area contributed by atoms with E-state index in [9.17, 15) is 0 Å². The molecule has 0 bridgehead atoms. The highest BCUT2D eigenvalue weighted by molar-refractivity contribution is 5.78. The van der Waals surface area contributed by atoms with Crippen molar-refractivity contribution in [2.45, 2.75) is 19.4 Å². The molecule has 25 heavy (non-hydrogen) atoms. The van der Waals surface area contributed by atoms with Crippen LogP contribution in [0.3, 0.4) is 0 Å². The Labute approximate surface area is 148 Å². The number of para-hydroxylation sites is 1. The molecule has 1 atom stereocenters. The lowest BCUT2D eigenvalue weighted by Crippen LogP contribution is -2.34. The minimum Gasteiger partial charge on any atom is -0.315 e. The van der Waals surface area contributed by atoms with Gasteiger partial charge in [0.05, 0.1) is 22.9 Å². The molecule has 1 unspecified atom stereocenters. The summed E-state index contributed by atoms with van der Waals surface area (Å²) in [6.45, 7) is 6.23. The molecule has 0 saturated carbocycles. The summed E-state index contributed by atoms with van der Waals surface area (Å²) in [7, 11) is 0. The molecule has 1 aromatic carbocycles. The molecular weight excluding hydrogens is 308 g/mol. The lowest BCUT2D eigenvalue weighted by Gasteiger charge is -2.30. The van der Waals surface area contributed by atoms with E-state index in [2.05, 4.69) is 59.6 Å². The van der Waals surface area contributed by atoms with Crippen molar-refractivity contribution in [3.05, 3.63) is 71.7 Å². The highest BCUT2D eigenvalue weighted by Crippen LogP contribution is 2.28. The predicted octanol–water partition coefficient (Wildman–Crippen LogP) is 3.32. The summed E-state index contributed by atoms with van der Waals surface area (Å²) >= 11 is 0. The van der Waals surface area contributed by atoms with Gasteiger partial charge in [0.15, 0.2) is 0 Å². The van der Waals surface area contributed by atoms with Gasteiger partial charge in [-0.3, -0.25) is 14.9 Å². The van der Waals surface area contributed by atoms with E-state index in [0.717, 1.165) is 49.5 Å². The second-order valence-electron chi connectivity index (χ2n) is 6.73. The Kier molecular flexibility index (Phi) is 4.72. The van der Waals surface area contributed by atoms with Crippen molar-refractivity contribution < 1.29 is 0 Å². The Bertz CT molecular complexity index is 836. The molecule has 1 N–H and O–H groups in total. The van der Waals surface area contributed by atoms with E-state index in [4.69, 9.17) is 9.97 Å². The predicted molar refractivity (Wildman–Crippen MR) is 102 cm³/mol. The van der Waals surface area contributed by atoms with Crippen LogP contribution >= 0.6 is 0 Å². The molecule has 2 aromatic heterocycles. The number of pyridine rings is 2. The Morgan fingerprint density at radius 1 is 0.960 bits per heavy atom. The van der Waals surface area contributed by atoms with Crippen molar-refractivity contribution in [1.82, 2.24) is 20.2 Å². The average molecular weight is 332 g/mol. The normalized spacial score (nSPS) is 17.3. The standard InChI is InChI=1S/C21H24N4/c1-16-7-9-19(23-15-16)21(25-13-4-11-22-12-14-25)20-10-8-17-5-2-3-6-18(17)24-20/h2-3,5-10,15,21-22H,4,11-14H2,1H3. The zero-order valence-electron chi connectivity index (χ0n) is 14.7. The van der Waals surface area contributed by atoms with Crippen LogP contribution in [0.4, 0.5) is 0 Å². The Balaban J connectivity index is 1.78. The van der Waals surface area contributed by atoms with E-state index < -0.39 is 0 Å². The molecule has 1 aliphatic heterocycles. The molecule has 4 rings (SSSR count). The van der Waals surface area contributed by atoms with Crippen LogP contribution in [-0.4, -0.2) is 41.0 Å². The molecule has 1 fully saturated rings. The lowest BCUT2D eigenvalue weighted by molar-refractivity contribution is 0.234. The van der Waals surface area contributed by atoms with Crippen LogP contribution in [0.1, 0.15) is 29.4 Å². The Morgan fingerprint density at radius 2 is 1.84 bits per heavy atom. The van der Waals surface area contributed by atoms with Crippen molar-refractivity contribution in [1.29, 1.82) is 0 Å². The fourth-order valence-corrected chi connectivity index (χ4v) is 3.53. The van der Waals surface area contributed by atoms with Gasteiger partial charge < -0.3 is 5.32 Å². The number of aromatic nitrogens is 2. The monoisotopic (exact) mass is 332 g/mol. The molecular formula is C21H24N4. The molecule has 0 radical (unpaired) electrons. The average Bonchev–Trinajstić information content (AvgIpc) is 2.93. The van der Waals surface area contributed by atoms with Gasteiger partial charge in [0.25, 0.3) is 0 Å². The van der Waals surface area contributed by atoms with E-state index in [1.54, 1.807) is 0 Å². The number of aryl methyl sites for hydroxylation is 1. The summed E-state index contributed by atoms with van der Waals surface area (Å²) in [6, 6.07) is 17.0. The summed E-state index contributed by atoms with van der Waals surface area (Å²) < 4.78 is 0. The summed E-state index contributed by atoms with van der Waals surface area (Å²) in [4.78, 5) is 12.2. The molecule has 3 heterocycles. The molecule has 0 aliphatic carbocycles. The number of benzene rings is 1. The number of hydrogen-bond donors (Lipinski definition) is 1. The first kappa shape index (κ1) is 16.2. The number of nitrogens with one attached hydrogen (secondary N) is 1. The molecule has 4 heteroatoms. The first-order chi connectivity index (χ1) is 12.3. The fourth-order valence-electron chi connectivity index (χ4n) is 3.53. The van der Waals surface area contributed by atoms with E-state index in [0.29, 0.717) is 0 Å². The molecule has 1 aliphatic rings. The zero-order valence-corrected chi connectivity index (χ0v) is 14.7. The molecule has 1 saturated heterocycles. The van der Waals surface area contributed by atoms with Crippen LogP contribution in [0.15, 0.2) is 54.7 Å². The van der Waals surface area contributed by atoms with Crippen LogP contribution in [0.25, 0.3) is 10.9 Å². The smallest absolute Gasteiger partial charge is 0.0950 e. The third kappa shape index (κ3) is 3.55. The molecule has 128 valence electrons. The van der Waals surface area contributed by atoms with Crippen LogP contribution in [0.5, 0.6) is 0 Å². The summed E-state index contributed by atoms with van der Waals surface area (Å²) in [5.41, 5.74) is 4.39. The third-order valence-corrected chi connectivity index (χ3v) is 4.85. The van der Waals surface area contributed by atoms with Crippen molar-refractivity contribution in [2.75, 3.05) is 26.2 Å². The summed E-state index contributed by atoms with van der Waals surface area (Å²) in [5.74, 6) is 0. The van der Waals surface area contributed by atoms with Gasteiger partial charge in [-0.1, -0.05) is 30.3 Å². The van der Waals surface area contributed by atoms with Crippen LogP contribution < -0.4 is 5.32 Å². The van der Waals surface area contributed by atoms with Crippen LogP contribution in [-0.2, 0) is 0 Å². The molecule has 4 nitrogen and oxygen atoms in total. The van der Waals surface area contributed by atoms with Gasteiger partial charge in [-0.15, -0.1) is 0 Å². The van der Waals surface area contributed by atoms with E-state index in [1.165, 1.54) is 10.9 Å². The van der Waals surface area contributed by atoms with Crippen molar-refractivity contribution >= 4 is 10.9 Å². The summed E-state index contributed by atoms with van der Waals surface area (Å²) in [6.07, 6.45) is 3.11. The van der Waals surface area contributed by atoms with Gasteiger partial charge in [-0.25, -0.2) is 0 Å². The molecule has 0 amide bonds. The van der Waals surface area contributed by atoms with E-state index in [-0.39, 0.29) is 6.04 Å². The second kappa shape index (κ2) is 7.30. The van der Waals surface area contributed by atoms with Crippen LogP contribution in [0.2, 0.25) is 0 Å². The molecule has 3 aromatic rings. The van der Waals surface area contributed by atoms with Crippen molar-refractivity contribution in [3.8, 4) is 0 Å². The second-order valence-corrected chi connectivity index (χ2v) is 6.73. The van der Waals surface area contributed by atoms with Gasteiger partial charge >= 0.3 is 0 Å². The first-order valence-corrected chi connectivity index (χ1v) is 9.04. The van der Waals surface area contributed by atoms with Crippen molar-refractivity contribution in [3.63, 3.8) is 0 Å². The quantitative estimate of drug-likeness (QED) is 0.799. The van der Waals surface area contributed by atoms with E-state index >= 15 is 0 Å². The van der Waals surface area contributed by atoms with E-state index in [1.807, 2.05) is 12.3 Å². The number of nitrogens with zero attached hydrogens (tertiary/aromatic N) is 3. The lowest BCUT2D eigenvalue weighted by atomic mass is 10.0. The first-order valence-electron chi connectivity index (χ1n) is 9.04. The maximum Gasteiger partial charge on any atom is 0.0950 e. The maximum atomic E-state index is 4.98. The van der Waals surface area contributed by atoms with Crippen LogP contribution in [0, 0.1) is 6.92 Å². The minimum absolute atomic E-state index is 0.102. The SMILES string of the molecule is Cc1ccc(C(c2ccc3ccccc3n2)N2CCCNCC2)nc1. The molecule has 0 spiro atoms. The Hall–Kier alpha value is -2.30. The number of hydrogen-bond acceptors (Lipinski definition) is 4. The van der Waals surface area contributed by atoms with Gasteiger partial charge in [-0.05, 0) is 43.7 Å². The number of rotatable bonds is 3. The minimum atomic E-state index is 0.102. The zero-order chi connectivity index (χ0) is 17.1. The highest BCUT2D eigenvalue weighted by atomic mass is 15.2. The Morgan fingerprint density at radius 3 is 2.72 bits per heavy atom. The third-order valence-electron chi connectivity index (χ3n) is 4.85. The largest absolute Gasteiger partial charge is 0.315 e. The fraction of sp³-hybridized carbons (Fsp3) is 0.333. The number of fused-ring (bicyclic) bond motifs is 1. The maximum absolute atomic E-state index is 4.98. The van der Waals surface area contributed by atoms with Crippen molar-refractivity contribution in [2.24, 2.45) is 0 Å². The highest BCUT2D eigenvalue weighted by Gasteiger charge is 2.25. The van der Waals surface area contributed by atoms with Gasteiger partial charge in [-0.2, -0.15) is 0 Å². The van der Waals surface area contributed by atoms with Gasteiger partial charge in [0.1, 0.15) is 0 Å². The van der Waals surface area contributed by atoms with Gasteiger partial charge in [0.2, 0.25) is 0 Å². The van der Waals surface area contributed by atoms with Gasteiger partial charge in [0, 0.05) is 31.2 Å². The summed E-state index contributed by atoms with van der Waals surface area (Å²) in [5, 5.41) is 4.67. The topological polar surface area (TPSA) is 41.1 Å².